The average molecular weight is 263 g/mol. The molecule has 0 radical (unpaired) electrons. The van der Waals surface area contributed by atoms with Crippen LogP contribution in [0.15, 0.2) is 24.4 Å². The second-order valence-corrected chi connectivity index (χ2v) is 5.08. The Morgan fingerprint density at radius 1 is 1.47 bits per heavy atom. The van der Waals surface area contributed by atoms with Crippen molar-refractivity contribution in [2.24, 2.45) is 0 Å². The van der Waals surface area contributed by atoms with Crippen LogP contribution in [-0.4, -0.2) is 58.1 Å². The summed E-state index contributed by atoms with van der Waals surface area (Å²) in [6.07, 6.45) is 2.66. The van der Waals surface area contributed by atoms with E-state index >= 15 is 0 Å². The molecule has 2 heterocycles. The van der Waals surface area contributed by atoms with Gasteiger partial charge in [-0.15, -0.1) is 0 Å². The van der Waals surface area contributed by atoms with Crippen LogP contribution in [-0.2, 0) is 11.3 Å². The van der Waals surface area contributed by atoms with Crippen molar-refractivity contribution in [2.45, 2.75) is 32.0 Å². The van der Waals surface area contributed by atoms with Crippen molar-refractivity contribution in [3.8, 4) is 0 Å². The van der Waals surface area contributed by atoms with E-state index in [1.807, 2.05) is 30.0 Å². The fourth-order valence-corrected chi connectivity index (χ4v) is 2.39. The van der Waals surface area contributed by atoms with E-state index in [1.54, 1.807) is 18.1 Å². The van der Waals surface area contributed by atoms with Crippen LogP contribution in [0.2, 0.25) is 0 Å². The van der Waals surface area contributed by atoms with Crippen molar-refractivity contribution in [3.63, 3.8) is 0 Å². The molecule has 2 unspecified atom stereocenters. The summed E-state index contributed by atoms with van der Waals surface area (Å²) in [5.74, 6) is -0.0107. The average Bonchev–Trinajstić information content (AvgIpc) is 2.53. The normalized spacial score (nSPS) is 25.4. The lowest BCUT2D eigenvalue weighted by molar-refractivity contribution is -0.137. The van der Waals surface area contributed by atoms with E-state index in [0.29, 0.717) is 6.54 Å². The Morgan fingerprint density at radius 3 is 2.89 bits per heavy atom. The molecular formula is C14H21N3O2. The van der Waals surface area contributed by atoms with E-state index in [4.69, 9.17) is 0 Å². The molecule has 1 aliphatic heterocycles. The molecule has 0 aromatic carbocycles. The number of aromatic nitrogens is 1. The topological polar surface area (TPSA) is 56.7 Å². The van der Waals surface area contributed by atoms with Crippen LogP contribution in [0.5, 0.6) is 0 Å². The highest BCUT2D eigenvalue weighted by Gasteiger charge is 2.33. The number of rotatable bonds is 3. The molecule has 0 aliphatic carbocycles. The minimum Gasteiger partial charge on any atom is -0.394 e. The van der Waals surface area contributed by atoms with E-state index < -0.39 is 6.04 Å². The van der Waals surface area contributed by atoms with Gasteiger partial charge in [0.2, 0.25) is 5.91 Å². The molecule has 5 heteroatoms. The van der Waals surface area contributed by atoms with Crippen molar-refractivity contribution >= 4 is 5.91 Å². The Morgan fingerprint density at radius 2 is 2.26 bits per heavy atom. The number of carbonyl (C=O) groups is 1. The number of amides is 1. The summed E-state index contributed by atoms with van der Waals surface area (Å²) in [5.41, 5.74) is 0.922. The van der Waals surface area contributed by atoms with Crippen molar-refractivity contribution in [1.82, 2.24) is 14.8 Å². The van der Waals surface area contributed by atoms with Gasteiger partial charge in [-0.05, 0) is 25.5 Å². The monoisotopic (exact) mass is 263 g/mol. The molecule has 19 heavy (non-hydrogen) atoms. The van der Waals surface area contributed by atoms with Crippen LogP contribution >= 0.6 is 0 Å². The molecule has 1 fully saturated rings. The highest BCUT2D eigenvalue weighted by molar-refractivity contribution is 5.82. The van der Waals surface area contributed by atoms with Gasteiger partial charge in [-0.1, -0.05) is 6.07 Å². The summed E-state index contributed by atoms with van der Waals surface area (Å²) in [7, 11) is 1.81. The van der Waals surface area contributed by atoms with Crippen LogP contribution in [0.3, 0.4) is 0 Å². The molecule has 1 aromatic rings. The third-order valence-electron chi connectivity index (χ3n) is 3.83. The maximum absolute atomic E-state index is 12.3. The number of pyridine rings is 1. The van der Waals surface area contributed by atoms with Gasteiger partial charge in [-0.2, -0.15) is 0 Å². The van der Waals surface area contributed by atoms with Gasteiger partial charge in [0, 0.05) is 32.4 Å². The van der Waals surface area contributed by atoms with E-state index in [-0.39, 0.29) is 18.6 Å². The quantitative estimate of drug-likeness (QED) is 0.862. The largest absolute Gasteiger partial charge is 0.394 e. The first-order chi connectivity index (χ1) is 9.13. The zero-order valence-corrected chi connectivity index (χ0v) is 11.5. The smallest absolute Gasteiger partial charge is 0.242 e. The third-order valence-corrected chi connectivity index (χ3v) is 3.83. The molecule has 0 saturated carbocycles. The Hall–Kier alpha value is -1.46. The number of likely N-dealkylation sites (N-methyl/N-ethyl adjacent to an activating group) is 1. The number of carbonyl (C=O) groups excluding carboxylic acids is 1. The van der Waals surface area contributed by atoms with Gasteiger partial charge >= 0.3 is 0 Å². The molecule has 1 aromatic heterocycles. The second kappa shape index (κ2) is 6.12. The number of aliphatic hydroxyl groups excluding tert-OH is 1. The number of aliphatic hydroxyl groups is 1. The van der Waals surface area contributed by atoms with E-state index in [2.05, 4.69) is 4.98 Å². The lowest BCUT2D eigenvalue weighted by Crippen LogP contribution is -2.47. The summed E-state index contributed by atoms with van der Waals surface area (Å²) < 4.78 is 0. The summed E-state index contributed by atoms with van der Waals surface area (Å²) in [6.45, 7) is 3.27. The molecule has 2 atom stereocenters. The summed E-state index contributed by atoms with van der Waals surface area (Å²) in [4.78, 5) is 20.3. The molecule has 2 rings (SSSR count). The first-order valence-corrected chi connectivity index (χ1v) is 6.65. The van der Waals surface area contributed by atoms with Crippen molar-refractivity contribution < 1.29 is 9.90 Å². The van der Waals surface area contributed by atoms with Crippen molar-refractivity contribution in [1.29, 1.82) is 0 Å². The van der Waals surface area contributed by atoms with Crippen LogP contribution in [0.4, 0.5) is 0 Å². The van der Waals surface area contributed by atoms with Crippen LogP contribution in [0, 0.1) is 0 Å². The number of nitrogens with zero attached hydrogens (tertiary/aromatic N) is 3. The Labute approximate surface area is 113 Å². The predicted molar refractivity (Wildman–Crippen MR) is 72.4 cm³/mol. The molecule has 0 bridgehead atoms. The summed E-state index contributed by atoms with van der Waals surface area (Å²) in [6, 6.07) is 5.49. The van der Waals surface area contributed by atoms with Crippen LogP contribution in [0.25, 0.3) is 0 Å². The van der Waals surface area contributed by atoms with Gasteiger partial charge in [0.05, 0.1) is 12.3 Å². The van der Waals surface area contributed by atoms with Gasteiger partial charge in [0.1, 0.15) is 6.04 Å². The highest BCUT2D eigenvalue weighted by atomic mass is 16.3. The zero-order chi connectivity index (χ0) is 13.8. The SMILES string of the molecule is CC1CCN(Cc2ccccn2)C(CO)C(=O)N1C. The minimum absolute atomic E-state index is 0.0107. The lowest BCUT2D eigenvalue weighted by Gasteiger charge is -2.28. The third kappa shape index (κ3) is 3.11. The van der Waals surface area contributed by atoms with Gasteiger partial charge in [0.25, 0.3) is 0 Å². The highest BCUT2D eigenvalue weighted by Crippen LogP contribution is 2.17. The lowest BCUT2D eigenvalue weighted by atomic mass is 10.2. The van der Waals surface area contributed by atoms with E-state index in [0.717, 1.165) is 18.7 Å². The fourth-order valence-electron chi connectivity index (χ4n) is 2.39. The molecule has 5 nitrogen and oxygen atoms in total. The van der Waals surface area contributed by atoms with Crippen LogP contribution < -0.4 is 0 Å². The van der Waals surface area contributed by atoms with Crippen molar-refractivity contribution in [2.75, 3.05) is 20.2 Å². The molecule has 0 spiro atoms. The summed E-state index contributed by atoms with van der Waals surface area (Å²) in [5, 5.41) is 9.53. The van der Waals surface area contributed by atoms with Crippen LogP contribution in [0.1, 0.15) is 19.0 Å². The zero-order valence-electron chi connectivity index (χ0n) is 11.5. The van der Waals surface area contributed by atoms with Crippen molar-refractivity contribution in [3.05, 3.63) is 30.1 Å². The van der Waals surface area contributed by atoms with E-state index in [1.165, 1.54) is 0 Å². The Balaban J connectivity index is 2.16. The first-order valence-electron chi connectivity index (χ1n) is 6.65. The number of hydrogen-bond acceptors (Lipinski definition) is 4. The molecule has 1 amide bonds. The Bertz CT molecular complexity index is 424. The van der Waals surface area contributed by atoms with Gasteiger partial charge in [-0.3, -0.25) is 14.7 Å². The Kier molecular flexibility index (Phi) is 4.50. The molecule has 1 aliphatic rings. The predicted octanol–water partition coefficient (Wildman–Crippen LogP) is 0.495. The van der Waals surface area contributed by atoms with Gasteiger partial charge in [-0.25, -0.2) is 0 Å². The minimum atomic E-state index is -0.461. The standard InChI is InChI=1S/C14H21N3O2/c1-11-6-8-17(9-12-5-3-4-7-15-12)13(10-18)14(19)16(11)2/h3-5,7,11,13,18H,6,8-10H2,1-2H3. The fraction of sp³-hybridized carbons (Fsp3) is 0.571. The molecule has 1 saturated heterocycles. The molecule has 104 valence electrons. The van der Waals surface area contributed by atoms with Gasteiger partial charge in [0.15, 0.2) is 0 Å². The second-order valence-electron chi connectivity index (χ2n) is 5.08. The van der Waals surface area contributed by atoms with E-state index in [9.17, 15) is 9.90 Å². The molecule has 1 N–H and O–H groups in total. The van der Waals surface area contributed by atoms with Gasteiger partial charge < -0.3 is 10.0 Å². The molecular weight excluding hydrogens is 242 g/mol. The summed E-state index contributed by atoms with van der Waals surface area (Å²) >= 11 is 0. The number of hydrogen-bond donors (Lipinski definition) is 1. The maximum atomic E-state index is 12.3. The first kappa shape index (κ1) is 14.0. The maximum Gasteiger partial charge on any atom is 0.242 e.